The van der Waals surface area contributed by atoms with Crippen LogP contribution < -0.4 is 9.64 Å². The number of morpholine rings is 1. The number of hydrogen-bond acceptors (Lipinski definition) is 6. The Morgan fingerprint density at radius 2 is 1.76 bits per heavy atom. The summed E-state index contributed by atoms with van der Waals surface area (Å²) in [5, 5.41) is 0.415. The van der Waals surface area contributed by atoms with Crippen molar-refractivity contribution < 1.29 is 19.1 Å². The lowest BCUT2D eigenvalue weighted by atomic mass is 10.2. The molecule has 2 aliphatic heterocycles. The zero-order chi connectivity index (χ0) is 20.4. The smallest absolute Gasteiger partial charge is 0.283 e. The summed E-state index contributed by atoms with van der Waals surface area (Å²) in [6.07, 6.45) is 0. The summed E-state index contributed by atoms with van der Waals surface area (Å²) < 4.78 is 10.8. The number of anilines is 1. The second kappa shape index (κ2) is 8.49. The third-order valence-corrected chi connectivity index (χ3v) is 6.01. The summed E-state index contributed by atoms with van der Waals surface area (Å²) in [6.45, 7) is 2.12. The van der Waals surface area contributed by atoms with Gasteiger partial charge in [0.05, 0.1) is 26.0 Å². The van der Waals surface area contributed by atoms with Gasteiger partial charge in [-0.1, -0.05) is 41.6 Å². The number of carbonyl (C=O) groups is 2. The minimum absolute atomic E-state index is 0.337. The van der Waals surface area contributed by atoms with Crippen molar-refractivity contribution in [3.05, 3.63) is 64.2 Å². The molecule has 4 rings (SSSR count). The van der Waals surface area contributed by atoms with Crippen LogP contribution in [0.1, 0.15) is 0 Å². The van der Waals surface area contributed by atoms with Crippen molar-refractivity contribution in [2.24, 2.45) is 0 Å². The van der Waals surface area contributed by atoms with E-state index >= 15 is 0 Å². The standard InChI is InChI=1S/C21H19ClN2O4S/c1-27-17-8-7-14(22)13-16(17)24-20(25)18(23-9-11-28-12-10-23)19(21(24)26)29-15-5-3-2-4-6-15/h2-8,13H,9-12H2,1H3. The summed E-state index contributed by atoms with van der Waals surface area (Å²) in [5.41, 5.74) is 0.735. The van der Waals surface area contributed by atoms with Crippen molar-refractivity contribution in [1.82, 2.24) is 4.90 Å². The van der Waals surface area contributed by atoms with Gasteiger partial charge in [-0.3, -0.25) is 9.59 Å². The van der Waals surface area contributed by atoms with Gasteiger partial charge in [-0.25, -0.2) is 4.90 Å². The van der Waals surface area contributed by atoms with Crippen molar-refractivity contribution in [1.29, 1.82) is 0 Å². The number of amides is 2. The van der Waals surface area contributed by atoms with E-state index in [0.717, 1.165) is 9.80 Å². The van der Waals surface area contributed by atoms with E-state index in [4.69, 9.17) is 21.1 Å². The summed E-state index contributed by atoms with van der Waals surface area (Å²) in [5.74, 6) is -0.356. The molecule has 0 radical (unpaired) electrons. The first kappa shape index (κ1) is 19.8. The van der Waals surface area contributed by atoms with Crippen LogP contribution >= 0.6 is 23.4 Å². The lowest BCUT2D eigenvalue weighted by molar-refractivity contribution is -0.121. The summed E-state index contributed by atoms with van der Waals surface area (Å²) >= 11 is 7.44. The highest BCUT2D eigenvalue weighted by molar-refractivity contribution is 8.04. The molecule has 0 atom stereocenters. The molecule has 0 unspecified atom stereocenters. The van der Waals surface area contributed by atoms with Gasteiger partial charge in [-0.05, 0) is 30.3 Å². The molecule has 0 N–H and O–H groups in total. The molecule has 2 aromatic rings. The Labute approximate surface area is 178 Å². The molecule has 0 bridgehead atoms. The average Bonchev–Trinajstić information content (AvgIpc) is 2.99. The number of thioether (sulfide) groups is 1. The van der Waals surface area contributed by atoms with Crippen molar-refractivity contribution in [3.63, 3.8) is 0 Å². The number of halogens is 1. The molecule has 6 nitrogen and oxygen atoms in total. The number of nitrogens with zero attached hydrogens (tertiary/aromatic N) is 2. The summed E-state index contributed by atoms with van der Waals surface area (Å²) in [4.78, 5) is 31.2. The summed E-state index contributed by atoms with van der Waals surface area (Å²) in [6, 6.07) is 14.4. The highest BCUT2D eigenvalue weighted by Crippen LogP contribution is 2.42. The van der Waals surface area contributed by atoms with Gasteiger partial charge < -0.3 is 14.4 Å². The monoisotopic (exact) mass is 430 g/mol. The molecular weight excluding hydrogens is 412 g/mol. The SMILES string of the molecule is COc1ccc(Cl)cc1N1C(=O)C(Sc2ccccc2)=C(N2CCOCC2)C1=O. The van der Waals surface area contributed by atoms with E-state index in [0.29, 0.717) is 53.4 Å². The van der Waals surface area contributed by atoms with E-state index in [2.05, 4.69) is 0 Å². The van der Waals surface area contributed by atoms with Gasteiger partial charge in [-0.2, -0.15) is 0 Å². The molecule has 8 heteroatoms. The van der Waals surface area contributed by atoms with Gasteiger partial charge in [0.1, 0.15) is 16.4 Å². The van der Waals surface area contributed by atoms with E-state index in [1.807, 2.05) is 35.2 Å². The number of carbonyl (C=O) groups excluding carboxylic acids is 2. The Kier molecular flexibility index (Phi) is 5.80. The third kappa shape index (κ3) is 3.85. The van der Waals surface area contributed by atoms with Crippen LogP contribution in [0.2, 0.25) is 5.02 Å². The quantitative estimate of drug-likeness (QED) is 0.676. The Hall–Kier alpha value is -2.48. The number of ether oxygens (including phenoxy) is 2. The van der Waals surface area contributed by atoms with Crippen molar-refractivity contribution in [2.75, 3.05) is 38.3 Å². The Morgan fingerprint density at radius 3 is 2.45 bits per heavy atom. The summed E-state index contributed by atoms with van der Waals surface area (Å²) in [7, 11) is 1.49. The molecule has 0 spiro atoms. The average molecular weight is 431 g/mol. The van der Waals surface area contributed by atoms with Crippen LogP contribution in [0.4, 0.5) is 5.69 Å². The zero-order valence-electron chi connectivity index (χ0n) is 15.8. The van der Waals surface area contributed by atoms with Crippen molar-refractivity contribution in [2.45, 2.75) is 4.90 Å². The van der Waals surface area contributed by atoms with Gasteiger partial charge >= 0.3 is 0 Å². The highest BCUT2D eigenvalue weighted by atomic mass is 35.5. The first-order valence-electron chi connectivity index (χ1n) is 9.12. The van der Waals surface area contributed by atoms with E-state index in [1.165, 1.54) is 18.9 Å². The maximum absolute atomic E-state index is 13.4. The van der Waals surface area contributed by atoms with Crippen LogP contribution in [0, 0.1) is 0 Å². The number of methoxy groups -OCH3 is 1. The molecule has 0 saturated carbocycles. The largest absolute Gasteiger partial charge is 0.495 e. The molecule has 2 aromatic carbocycles. The lowest BCUT2D eigenvalue weighted by Gasteiger charge is -2.29. The van der Waals surface area contributed by atoms with Crippen LogP contribution in [0.15, 0.2) is 64.0 Å². The van der Waals surface area contributed by atoms with Crippen LogP contribution in [0.3, 0.4) is 0 Å². The van der Waals surface area contributed by atoms with Crippen molar-refractivity contribution >= 4 is 40.9 Å². The number of imide groups is 1. The van der Waals surface area contributed by atoms with Crippen molar-refractivity contribution in [3.8, 4) is 5.75 Å². The first-order chi connectivity index (χ1) is 14.1. The second-order valence-corrected chi connectivity index (χ2v) is 7.97. The molecule has 29 heavy (non-hydrogen) atoms. The van der Waals surface area contributed by atoms with Crippen LogP contribution in [0.25, 0.3) is 0 Å². The van der Waals surface area contributed by atoms with Gasteiger partial charge in [0.15, 0.2) is 0 Å². The van der Waals surface area contributed by atoms with Gasteiger partial charge in [0.25, 0.3) is 11.8 Å². The fourth-order valence-electron chi connectivity index (χ4n) is 3.32. The molecule has 0 aliphatic carbocycles. The highest BCUT2D eigenvalue weighted by Gasteiger charge is 2.43. The molecule has 2 heterocycles. The second-order valence-electron chi connectivity index (χ2n) is 6.45. The maximum Gasteiger partial charge on any atom is 0.283 e. The molecule has 2 aliphatic rings. The fourth-order valence-corrected chi connectivity index (χ4v) is 4.51. The van der Waals surface area contributed by atoms with Gasteiger partial charge in [0.2, 0.25) is 0 Å². The maximum atomic E-state index is 13.4. The minimum Gasteiger partial charge on any atom is -0.495 e. The predicted molar refractivity (Wildman–Crippen MR) is 112 cm³/mol. The Bertz CT molecular complexity index is 974. The molecule has 2 amide bonds. The lowest BCUT2D eigenvalue weighted by Crippen LogP contribution is -2.40. The van der Waals surface area contributed by atoms with E-state index in [1.54, 1.807) is 18.2 Å². The van der Waals surface area contributed by atoms with Crippen LogP contribution in [-0.4, -0.2) is 50.1 Å². The molecule has 1 fully saturated rings. The van der Waals surface area contributed by atoms with Crippen LogP contribution in [-0.2, 0) is 14.3 Å². The van der Waals surface area contributed by atoms with Gasteiger partial charge in [-0.15, -0.1) is 0 Å². The van der Waals surface area contributed by atoms with E-state index < -0.39 is 0 Å². The fraction of sp³-hybridized carbons (Fsp3) is 0.238. The molecule has 0 aromatic heterocycles. The van der Waals surface area contributed by atoms with E-state index in [9.17, 15) is 9.59 Å². The number of rotatable bonds is 5. The number of hydrogen-bond donors (Lipinski definition) is 0. The normalized spacial score (nSPS) is 17.3. The third-order valence-electron chi connectivity index (χ3n) is 4.69. The Morgan fingerprint density at radius 1 is 1.03 bits per heavy atom. The first-order valence-corrected chi connectivity index (χ1v) is 10.3. The predicted octanol–water partition coefficient (Wildman–Crippen LogP) is 3.56. The Balaban J connectivity index is 1.78. The topological polar surface area (TPSA) is 59.1 Å². The molecule has 1 saturated heterocycles. The molecular formula is C21H19ClN2O4S. The number of benzene rings is 2. The van der Waals surface area contributed by atoms with Gasteiger partial charge in [0, 0.05) is 23.0 Å². The zero-order valence-corrected chi connectivity index (χ0v) is 17.3. The molecule has 150 valence electrons. The van der Waals surface area contributed by atoms with Crippen LogP contribution in [0.5, 0.6) is 5.75 Å². The minimum atomic E-state index is -0.383. The van der Waals surface area contributed by atoms with E-state index in [-0.39, 0.29) is 11.8 Å².